The second kappa shape index (κ2) is 18.4. The molecule has 0 spiro atoms. The fourth-order valence-electron chi connectivity index (χ4n) is 6.39. The van der Waals surface area contributed by atoms with E-state index in [1.54, 1.807) is 13.0 Å². The first-order chi connectivity index (χ1) is 23.6. The van der Waals surface area contributed by atoms with Crippen LogP contribution in [-0.2, 0) is 32.7 Å². The number of epoxide rings is 1. The van der Waals surface area contributed by atoms with Gasteiger partial charge >= 0.3 is 11.9 Å². The van der Waals surface area contributed by atoms with Crippen LogP contribution in [-0.4, -0.2) is 75.9 Å². The van der Waals surface area contributed by atoms with Gasteiger partial charge in [0, 0.05) is 24.9 Å². The zero-order valence-corrected chi connectivity index (χ0v) is 37.9. The maximum absolute atomic E-state index is 13.6. The molecular formula is C42H76O8Si2. The number of hydrogen-bond donors (Lipinski definition) is 1. The first-order valence-corrected chi connectivity index (χ1v) is 25.6. The third kappa shape index (κ3) is 13.6. The van der Waals surface area contributed by atoms with Gasteiger partial charge in [0.05, 0.1) is 24.7 Å². The Balaban J connectivity index is 2.23. The Labute approximate surface area is 319 Å². The molecule has 2 aliphatic rings. The van der Waals surface area contributed by atoms with Gasteiger partial charge in [-0.1, -0.05) is 93.5 Å². The highest BCUT2D eigenvalue weighted by atomic mass is 28.4. The van der Waals surface area contributed by atoms with Gasteiger partial charge in [-0.25, -0.2) is 0 Å². The first kappa shape index (κ1) is 46.6. The molecule has 0 saturated carbocycles. The third-order valence-electron chi connectivity index (χ3n) is 12.1. The Bertz CT molecular complexity index is 1270. The molecule has 10 unspecified atom stereocenters. The topological polar surface area (TPSA) is 104 Å². The smallest absolute Gasteiger partial charge is 0.308 e. The van der Waals surface area contributed by atoms with E-state index in [4.69, 9.17) is 23.1 Å². The molecule has 52 heavy (non-hydrogen) atoms. The van der Waals surface area contributed by atoms with Crippen LogP contribution in [0.2, 0.25) is 36.3 Å². The van der Waals surface area contributed by atoms with Gasteiger partial charge in [0.1, 0.15) is 17.8 Å². The molecular weight excluding hydrogens is 689 g/mol. The van der Waals surface area contributed by atoms with E-state index in [1.807, 2.05) is 32.1 Å². The SMILES string of the molecule is CCC(O[Si](C)(C)C(C)(C)C)C(C)C1OC1CC(C)/C=C/C=C(\C)C1OC(=O)CC(O[Si](C)(C)C(C)(C)C)CCC(C)(O)C(OC(C)=O)/C=C\C1C. The summed E-state index contributed by atoms with van der Waals surface area (Å²) in [6.07, 6.45) is 11.3. The fourth-order valence-corrected chi connectivity index (χ4v) is 9.27. The van der Waals surface area contributed by atoms with Crippen LogP contribution >= 0.6 is 0 Å². The van der Waals surface area contributed by atoms with Crippen LogP contribution in [0.25, 0.3) is 0 Å². The lowest BCUT2D eigenvalue weighted by Crippen LogP contribution is -2.46. The number of carbonyl (C=O) groups excluding carboxylic acids is 2. The highest BCUT2D eigenvalue weighted by Crippen LogP contribution is 2.43. The van der Waals surface area contributed by atoms with Gasteiger partial charge in [-0.05, 0) is 93.4 Å². The normalized spacial score (nSPS) is 31.2. The van der Waals surface area contributed by atoms with Gasteiger partial charge in [0.15, 0.2) is 16.6 Å². The number of allylic oxidation sites excluding steroid dienone is 3. The van der Waals surface area contributed by atoms with Crippen molar-refractivity contribution in [2.45, 2.75) is 201 Å². The number of esters is 2. The largest absolute Gasteiger partial charge is 0.457 e. The lowest BCUT2D eigenvalue weighted by atomic mass is 9.88. The molecule has 0 aromatic carbocycles. The van der Waals surface area contributed by atoms with Crippen molar-refractivity contribution in [2.24, 2.45) is 17.8 Å². The third-order valence-corrected chi connectivity index (χ3v) is 21.1. The number of carbonyl (C=O) groups is 2. The highest BCUT2D eigenvalue weighted by Gasteiger charge is 2.48. The lowest BCUT2D eigenvalue weighted by Gasteiger charge is -2.40. The molecule has 0 amide bonds. The molecule has 0 radical (unpaired) electrons. The predicted molar refractivity (Wildman–Crippen MR) is 217 cm³/mol. The van der Waals surface area contributed by atoms with Gasteiger partial charge in [0.25, 0.3) is 0 Å². The Hall–Kier alpha value is -1.57. The predicted octanol–water partition coefficient (Wildman–Crippen LogP) is 10.1. The van der Waals surface area contributed by atoms with Crippen LogP contribution < -0.4 is 0 Å². The average Bonchev–Trinajstić information content (AvgIpc) is 3.75. The van der Waals surface area contributed by atoms with Crippen LogP contribution in [0.15, 0.2) is 36.0 Å². The summed E-state index contributed by atoms with van der Waals surface area (Å²) in [6.45, 7) is 36.0. The zero-order chi connectivity index (χ0) is 40.0. The first-order valence-electron chi connectivity index (χ1n) is 19.7. The standard InChI is InChI=1S/C42H76O8Si2/c1-18-34(50-52(16,17)41(10,11)12)31(5)39-35(47-39)26-28(2)20-19-21-29(3)38-30(4)22-23-36(46-32(6)43)42(13,45)25-24-33(27-37(44)48-38)49-51(14,15)40(7,8)9/h19-23,28,30-31,33-36,38-39,45H,18,24-27H2,1-17H3/b20-19+,23-22-,29-21+. The molecule has 0 aromatic rings. The molecule has 1 saturated heterocycles. The second-order valence-corrected chi connectivity index (χ2v) is 28.6. The molecule has 2 heterocycles. The van der Waals surface area contributed by atoms with Crippen molar-refractivity contribution in [1.82, 2.24) is 0 Å². The van der Waals surface area contributed by atoms with E-state index in [2.05, 4.69) is 94.6 Å². The molecule has 2 rings (SSSR count). The molecule has 300 valence electrons. The van der Waals surface area contributed by atoms with Crippen molar-refractivity contribution in [1.29, 1.82) is 0 Å². The highest BCUT2D eigenvalue weighted by molar-refractivity contribution is 6.74. The molecule has 0 aromatic heterocycles. The fraction of sp³-hybridized carbons (Fsp3) is 0.810. The molecule has 1 N–H and O–H groups in total. The summed E-state index contributed by atoms with van der Waals surface area (Å²) in [7, 11) is -4.12. The minimum absolute atomic E-state index is 0.0617. The summed E-state index contributed by atoms with van der Waals surface area (Å²) in [6, 6.07) is 0. The summed E-state index contributed by atoms with van der Waals surface area (Å²) in [4.78, 5) is 25.6. The molecule has 1 fully saturated rings. The summed E-state index contributed by atoms with van der Waals surface area (Å²) >= 11 is 0. The maximum atomic E-state index is 13.6. The minimum atomic E-state index is -2.25. The van der Waals surface area contributed by atoms with E-state index >= 15 is 0 Å². The average molecular weight is 765 g/mol. The maximum Gasteiger partial charge on any atom is 0.308 e. The molecule has 2 aliphatic heterocycles. The number of hydrogen-bond acceptors (Lipinski definition) is 8. The molecule has 0 bridgehead atoms. The van der Waals surface area contributed by atoms with Gasteiger partial charge < -0.3 is 28.2 Å². The van der Waals surface area contributed by atoms with Crippen molar-refractivity contribution in [3.63, 3.8) is 0 Å². The Morgan fingerprint density at radius 1 is 1.06 bits per heavy atom. The quantitative estimate of drug-likeness (QED) is 0.0650. The Morgan fingerprint density at radius 3 is 2.19 bits per heavy atom. The van der Waals surface area contributed by atoms with Crippen molar-refractivity contribution >= 4 is 28.6 Å². The van der Waals surface area contributed by atoms with E-state index in [1.165, 1.54) is 6.92 Å². The molecule has 0 aliphatic carbocycles. The zero-order valence-electron chi connectivity index (χ0n) is 35.9. The van der Waals surface area contributed by atoms with Gasteiger partial charge in [-0.15, -0.1) is 0 Å². The van der Waals surface area contributed by atoms with Crippen LogP contribution in [0.4, 0.5) is 0 Å². The van der Waals surface area contributed by atoms with E-state index in [-0.39, 0.29) is 53.1 Å². The summed E-state index contributed by atoms with van der Waals surface area (Å²) in [5.41, 5.74) is -0.456. The van der Waals surface area contributed by atoms with Crippen LogP contribution in [0.1, 0.15) is 122 Å². The second-order valence-electron chi connectivity index (χ2n) is 19.1. The summed E-state index contributed by atoms with van der Waals surface area (Å²) in [5, 5.41) is 11.7. The monoisotopic (exact) mass is 765 g/mol. The number of cyclic esters (lactones) is 1. The summed E-state index contributed by atoms with van der Waals surface area (Å²) < 4.78 is 31.6. The number of ether oxygens (including phenoxy) is 3. The van der Waals surface area contributed by atoms with Crippen LogP contribution in [0, 0.1) is 17.8 Å². The van der Waals surface area contributed by atoms with Crippen molar-refractivity contribution < 1.29 is 37.8 Å². The molecule has 8 nitrogen and oxygen atoms in total. The number of aliphatic hydroxyl groups is 1. The molecule has 10 heteroatoms. The lowest BCUT2D eigenvalue weighted by molar-refractivity contribution is -0.157. The molecule has 10 atom stereocenters. The van der Waals surface area contributed by atoms with Crippen LogP contribution in [0.5, 0.6) is 0 Å². The van der Waals surface area contributed by atoms with Gasteiger partial charge in [0.2, 0.25) is 0 Å². The van der Waals surface area contributed by atoms with E-state index in [0.717, 1.165) is 18.4 Å². The van der Waals surface area contributed by atoms with Crippen LogP contribution in [0.3, 0.4) is 0 Å². The van der Waals surface area contributed by atoms with Crippen molar-refractivity contribution in [2.75, 3.05) is 0 Å². The Kier molecular flexibility index (Phi) is 16.5. The van der Waals surface area contributed by atoms with E-state index in [0.29, 0.717) is 18.3 Å². The Morgan fingerprint density at radius 2 is 1.65 bits per heavy atom. The van der Waals surface area contributed by atoms with E-state index < -0.39 is 46.5 Å². The number of rotatable bonds is 13. The van der Waals surface area contributed by atoms with Gasteiger partial charge in [-0.2, -0.15) is 0 Å². The van der Waals surface area contributed by atoms with Crippen molar-refractivity contribution in [3.8, 4) is 0 Å². The minimum Gasteiger partial charge on any atom is -0.457 e. The van der Waals surface area contributed by atoms with Gasteiger partial charge in [-0.3, -0.25) is 9.59 Å². The van der Waals surface area contributed by atoms with E-state index in [9.17, 15) is 14.7 Å². The van der Waals surface area contributed by atoms with Crippen molar-refractivity contribution in [3.05, 3.63) is 36.0 Å². The summed E-state index contributed by atoms with van der Waals surface area (Å²) in [5.74, 6) is -0.414.